The first kappa shape index (κ1) is 54.3. The SMILES string of the molecule is CCCCCCCC/C=C\CCCCCCCCCC(=O)NC(CO)C(O)/C=C/CC/C=C/CC/C=C/CCCCCCCCCCCCCCCCCCC. The molecule has 1 amide bonds. The van der Waals surface area contributed by atoms with E-state index in [1.807, 2.05) is 6.08 Å². The Morgan fingerprint density at radius 3 is 1.04 bits per heavy atom. The zero-order valence-electron chi connectivity index (χ0n) is 37.7. The van der Waals surface area contributed by atoms with E-state index in [-0.39, 0.29) is 12.5 Å². The van der Waals surface area contributed by atoms with Gasteiger partial charge in [0.25, 0.3) is 0 Å². The van der Waals surface area contributed by atoms with Crippen LogP contribution >= 0.6 is 0 Å². The quantitative estimate of drug-likeness (QED) is 0.0425. The molecule has 4 heteroatoms. The number of hydrogen-bond donors (Lipinski definition) is 3. The summed E-state index contributed by atoms with van der Waals surface area (Å²) in [4.78, 5) is 12.4. The van der Waals surface area contributed by atoms with E-state index in [4.69, 9.17) is 0 Å². The first-order valence-electron chi connectivity index (χ1n) is 24.9. The zero-order valence-corrected chi connectivity index (χ0v) is 37.7. The van der Waals surface area contributed by atoms with Crippen molar-refractivity contribution in [2.75, 3.05) is 6.61 Å². The van der Waals surface area contributed by atoms with E-state index in [1.54, 1.807) is 6.08 Å². The summed E-state index contributed by atoms with van der Waals surface area (Å²) in [6.45, 7) is 4.30. The number of aliphatic hydroxyl groups excluding tert-OH is 2. The van der Waals surface area contributed by atoms with Gasteiger partial charge in [-0.15, -0.1) is 0 Å². The van der Waals surface area contributed by atoms with Gasteiger partial charge < -0.3 is 15.5 Å². The molecule has 0 aliphatic rings. The van der Waals surface area contributed by atoms with Crippen LogP contribution in [-0.2, 0) is 4.79 Å². The van der Waals surface area contributed by atoms with Crippen molar-refractivity contribution in [1.82, 2.24) is 5.32 Å². The molecule has 0 aromatic heterocycles. The van der Waals surface area contributed by atoms with Crippen LogP contribution in [0.4, 0.5) is 0 Å². The van der Waals surface area contributed by atoms with Crippen molar-refractivity contribution >= 4 is 5.91 Å². The molecule has 0 aliphatic heterocycles. The molecule has 0 saturated heterocycles. The molecule has 0 saturated carbocycles. The van der Waals surface area contributed by atoms with Crippen LogP contribution in [0.2, 0.25) is 0 Å². The van der Waals surface area contributed by atoms with E-state index in [0.29, 0.717) is 6.42 Å². The maximum absolute atomic E-state index is 12.4. The van der Waals surface area contributed by atoms with Gasteiger partial charge in [-0.1, -0.05) is 229 Å². The highest BCUT2D eigenvalue weighted by Gasteiger charge is 2.17. The number of unbranched alkanes of at least 4 members (excludes halogenated alkanes) is 32. The molecule has 0 aromatic rings. The lowest BCUT2D eigenvalue weighted by Gasteiger charge is -2.19. The van der Waals surface area contributed by atoms with Crippen molar-refractivity contribution in [3.63, 3.8) is 0 Å². The predicted octanol–water partition coefficient (Wildman–Crippen LogP) is 15.9. The fourth-order valence-electron chi connectivity index (χ4n) is 7.44. The number of carbonyl (C=O) groups is 1. The van der Waals surface area contributed by atoms with Crippen LogP contribution in [-0.4, -0.2) is 34.9 Å². The lowest BCUT2D eigenvalue weighted by molar-refractivity contribution is -0.123. The molecule has 0 spiro atoms. The number of carbonyl (C=O) groups excluding carboxylic acids is 1. The Balaban J connectivity index is 3.60. The second-order valence-corrected chi connectivity index (χ2v) is 16.9. The van der Waals surface area contributed by atoms with Crippen LogP contribution in [0.1, 0.15) is 258 Å². The van der Waals surface area contributed by atoms with Crippen LogP contribution < -0.4 is 5.32 Å². The van der Waals surface area contributed by atoms with E-state index >= 15 is 0 Å². The lowest BCUT2D eigenvalue weighted by Crippen LogP contribution is -2.45. The summed E-state index contributed by atoms with van der Waals surface area (Å²) in [5.41, 5.74) is 0. The Hall–Kier alpha value is -1.65. The second kappa shape index (κ2) is 47.7. The van der Waals surface area contributed by atoms with Gasteiger partial charge >= 0.3 is 0 Å². The minimum Gasteiger partial charge on any atom is -0.394 e. The number of rotatable bonds is 45. The summed E-state index contributed by atoms with van der Waals surface area (Å²) in [6.07, 6.45) is 65.3. The molecule has 0 radical (unpaired) electrons. The van der Waals surface area contributed by atoms with Crippen LogP contribution in [0.15, 0.2) is 48.6 Å². The van der Waals surface area contributed by atoms with E-state index in [9.17, 15) is 15.0 Å². The van der Waals surface area contributed by atoms with Crippen molar-refractivity contribution in [1.29, 1.82) is 0 Å². The Morgan fingerprint density at radius 1 is 0.411 bits per heavy atom. The Kier molecular flexibility index (Phi) is 46.3. The van der Waals surface area contributed by atoms with E-state index < -0.39 is 12.1 Å². The molecule has 0 heterocycles. The van der Waals surface area contributed by atoms with E-state index in [0.717, 1.165) is 38.5 Å². The third-order valence-corrected chi connectivity index (χ3v) is 11.3. The summed E-state index contributed by atoms with van der Waals surface area (Å²) >= 11 is 0. The highest BCUT2D eigenvalue weighted by molar-refractivity contribution is 5.76. The summed E-state index contributed by atoms with van der Waals surface area (Å²) < 4.78 is 0. The van der Waals surface area contributed by atoms with Gasteiger partial charge in [0, 0.05) is 6.42 Å². The predicted molar refractivity (Wildman–Crippen MR) is 248 cm³/mol. The van der Waals surface area contributed by atoms with Gasteiger partial charge in [0.2, 0.25) is 5.91 Å². The maximum Gasteiger partial charge on any atom is 0.220 e. The van der Waals surface area contributed by atoms with E-state index in [2.05, 4.69) is 55.6 Å². The number of amides is 1. The third-order valence-electron chi connectivity index (χ3n) is 11.3. The fourth-order valence-corrected chi connectivity index (χ4v) is 7.44. The summed E-state index contributed by atoms with van der Waals surface area (Å²) in [6, 6.07) is -0.648. The molecule has 3 N–H and O–H groups in total. The van der Waals surface area contributed by atoms with Crippen molar-refractivity contribution in [2.45, 2.75) is 270 Å². The first-order chi connectivity index (χ1) is 27.7. The average molecular weight is 784 g/mol. The molecule has 0 rings (SSSR count). The smallest absolute Gasteiger partial charge is 0.220 e. The van der Waals surface area contributed by atoms with Crippen molar-refractivity contribution in [2.24, 2.45) is 0 Å². The molecule has 0 aliphatic carbocycles. The monoisotopic (exact) mass is 784 g/mol. The highest BCUT2D eigenvalue weighted by atomic mass is 16.3. The molecular formula is C52H97NO3. The van der Waals surface area contributed by atoms with Crippen molar-refractivity contribution in [3.8, 4) is 0 Å². The molecule has 4 nitrogen and oxygen atoms in total. The molecule has 328 valence electrons. The second-order valence-electron chi connectivity index (χ2n) is 16.9. The maximum atomic E-state index is 12.4. The number of hydrogen-bond acceptors (Lipinski definition) is 3. The normalized spacial score (nSPS) is 13.3. The number of nitrogens with one attached hydrogen (secondary N) is 1. The molecular weight excluding hydrogens is 687 g/mol. The average Bonchev–Trinajstić information content (AvgIpc) is 3.20. The summed E-state index contributed by atoms with van der Waals surface area (Å²) in [5, 5.41) is 23.0. The molecule has 56 heavy (non-hydrogen) atoms. The van der Waals surface area contributed by atoms with Gasteiger partial charge in [0.15, 0.2) is 0 Å². The standard InChI is InChI=1S/C52H97NO3/c1-3-5-7-9-11-13-15-17-19-21-22-23-24-25-26-27-28-29-30-32-33-35-37-39-41-43-45-47-51(55)50(49-54)53-52(56)48-46-44-42-40-38-36-34-31-20-18-16-14-12-10-8-6-4-2/h18,20,30,32,37,39,45,47,50-51,54-55H,3-17,19,21-29,31,33-36,38,40-44,46,48-49H2,1-2H3,(H,53,56)/b20-18-,32-30+,39-37+,47-45+. The van der Waals surface area contributed by atoms with Crippen LogP contribution in [0.25, 0.3) is 0 Å². The summed E-state index contributed by atoms with van der Waals surface area (Å²) in [7, 11) is 0. The van der Waals surface area contributed by atoms with Gasteiger partial charge in [0.05, 0.1) is 18.8 Å². The van der Waals surface area contributed by atoms with Crippen LogP contribution in [0, 0.1) is 0 Å². The van der Waals surface area contributed by atoms with Crippen LogP contribution in [0.5, 0.6) is 0 Å². The molecule has 0 bridgehead atoms. The number of allylic oxidation sites excluding steroid dienone is 7. The fraction of sp³-hybridized carbons (Fsp3) is 0.827. The molecule has 0 aromatic carbocycles. The van der Waals surface area contributed by atoms with Crippen molar-refractivity contribution < 1.29 is 15.0 Å². The first-order valence-corrected chi connectivity index (χ1v) is 24.9. The number of aliphatic hydroxyl groups is 2. The lowest BCUT2D eigenvalue weighted by atomic mass is 10.0. The minimum absolute atomic E-state index is 0.0820. The molecule has 2 atom stereocenters. The molecule has 0 fully saturated rings. The Bertz CT molecular complexity index is 893. The largest absolute Gasteiger partial charge is 0.394 e. The molecule has 2 unspecified atom stereocenters. The highest BCUT2D eigenvalue weighted by Crippen LogP contribution is 2.15. The summed E-state index contributed by atoms with van der Waals surface area (Å²) in [5.74, 6) is -0.0820. The van der Waals surface area contributed by atoms with Gasteiger partial charge in [-0.05, 0) is 70.6 Å². The zero-order chi connectivity index (χ0) is 40.7. The Labute approximate surface area is 350 Å². The van der Waals surface area contributed by atoms with Gasteiger partial charge in [0.1, 0.15) is 0 Å². The van der Waals surface area contributed by atoms with Gasteiger partial charge in [-0.2, -0.15) is 0 Å². The van der Waals surface area contributed by atoms with Crippen molar-refractivity contribution in [3.05, 3.63) is 48.6 Å². The van der Waals surface area contributed by atoms with Gasteiger partial charge in [-0.25, -0.2) is 0 Å². The third kappa shape index (κ3) is 43.5. The Morgan fingerprint density at radius 2 is 0.696 bits per heavy atom. The van der Waals surface area contributed by atoms with Gasteiger partial charge in [-0.3, -0.25) is 4.79 Å². The minimum atomic E-state index is -0.873. The topological polar surface area (TPSA) is 69.6 Å². The van der Waals surface area contributed by atoms with E-state index in [1.165, 1.54) is 199 Å². The van der Waals surface area contributed by atoms with Crippen LogP contribution in [0.3, 0.4) is 0 Å².